The van der Waals surface area contributed by atoms with Crippen LogP contribution in [0.4, 0.5) is 18.9 Å². The van der Waals surface area contributed by atoms with Gasteiger partial charge in [0.1, 0.15) is 5.69 Å². The highest BCUT2D eigenvalue weighted by atomic mass is 79.9. The molecule has 0 saturated heterocycles. The number of alkyl halides is 3. The number of rotatable bonds is 2. The van der Waals surface area contributed by atoms with Gasteiger partial charge in [-0.3, -0.25) is 0 Å². The van der Waals surface area contributed by atoms with Gasteiger partial charge >= 0.3 is 6.36 Å². The number of hydrogen-bond donors (Lipinski definition) is 2. The van der Waals surface area contributed by atoms with Crippen molar-refractivity contribution in [2.24, 2.45) is 5.73 Å². The summed E-state index contributed by atoms with van der Waals surface area (Å²) in [5.74, 6) is -0.689. The zero-order valence-electron chi connectivity index (χ0n) is 7.31. The molecule has 0 aliphatic rings. The molecule has 0 saturated carbocycles. The van der Waals surface area contributed by atoms with E-state index in [2.05, 4.69) is 25.7 Å². The minimum atomic E-state index is -4.82. The van der Waals surface area contributed by atoms with Crippen molar-refractivity contribution in [1.29, 1.82) is 0 Å². The van der Waals surface area contributed by atoms with E-state index < -0.39 is 12.2 Å². The van der Waals surface area contributed by atoms with Crippen LogP contribution >= 0.6 is 15.9 Å². The topological polar surface area (TPSA) is 74.2 Å². The molecule has 0 radical (unpaired) electrons. The second-order valence-corrected chi connectivity index (χ2v) is 3.41. The smallest absolute Gasteiger partial charge is 0.394 e. The maximum Gasteiger partial charge on any atom is 0.574 e. The standard InChI is InChI=1S/C7H7BrF3N3O/c8-4-2-14-6(15-7(9,10)11)5(13)3(4)1-12/h2H,1,12-13H2. The van der Waals surface area contributed by atoms with Gasteiger partial charge in [0.05, 0.1) is 0 Å². The Hall–Kier alpha value is -1.02. The van der Waals surface area contributed by atoms with E-state index in [0.717, 1.165) is 6.20 Å². The van der Waals surface area contributed by atoms with E-state index in [1.807, 2.05) is 0 Å². The predicted octanol–water partition coefficient (Wildman–Crippen LogP) is 1.78. The third kappa shape index (κ3) is 2.96. The van der Waals surface area contributed by atoms with Crippen molar-refractivity contribution >= 4 is 21.6 Å². The van der Waals surface area contributed by atoms with Gasteiger partial charge in [0.15, 0.2) is 0 Å². The quantitative estimate of drug-likeness (QED) is 0.869. The van der Waals surface area contributed by atoms with Crippen molar-refractivity contribution in [2.75, 3.05) is 5.73 Å². The minimum Gasteiger partial charge on any atom is -0.394 e. The van der Waals surface area contributed by atoms with Crippen molar-refractivity contribution in [3.63, 3.8) is 0 Å². The first-order valence-electron chi connectivity index (χ1n) is 3.74. The number of nitrogens with zero attached hydrogens (tertiary/aromatic N) is 1. The molecule has 0 atom stereocenters. The Kier molecular flexibility index (Phi) is 3.40. The number of hydrogen-bond acceptors (Lipinski definition) is 4. The highest BCUT2D eigenvalue weighted by molar-refractivity contribution is 9.10. The van der Waals surface area contributed by atoms with Crippen LogP contribution in [0.1, 0.15) is 5.56 Å². The van der Waals surface area contributed by atoms with Crippen LogP contribution in [-0.4, -0.2) is 11.3 Å². The lowest BCUT2D eigenvalue weighted by Crippen LogP contribution is -2.19. The number of anilines is 1. The van der Waals surface area contributed by atoms with E-state index in [9.17, 15) is 13.2 Å². The van der Waals surface area contributed by atoms with Crippen LogP contribution in [0, 0.1) is 0 Å². The molecule has 8 heteroatoms. The highest BCUT2D eigenvalue weighted by Crippen LogP contribution is 2.31. The average Bonchev–Trinajstić information content (AvgIpc) is 2.09. The normalized spacial score (nSPS) is 11.5. The molecule has 15 heavy (non-hydrogen) atoms. The summed E-state index contributed by atoms with van der Waals surface area (Å²) in [5, 5.41) is 0. The third-order valence-electron chi connectivity index (χ3n) is 1.56. The van der Waals surface area contributed by atoms with E-state index >= 15 is 0 Å². The molecule has 0 unspecified atom stereocenters. The second-order valence-electron chi connectivity index (χ2n) is 2.56. The van der Waals surface area contributed by atoms with E-state index in [-0.39, 0.29) is 12.2 Å². The number of halogens is 4. The molecule has 0 aromatic carbocycles. The first-order chi connectivity index (χ1) is 6.85. The molecule has 0 aliphatic carbocycles. The lowest BCUT2D eigenvalue weighted by molar-refractivity contribution is -0.275. The van der Waals surface area contributed by atoms with Gasteiger partial charge in [0.25, 0.3) is 0 Å². The van der Waals surface area contributed by atoms with Gasteiger partial charge in [-0.15, -0.1) is 13.2 Å². The monoisotopic (exact) mass is 285 g/mol. The maximum absolute atomic E-state index is 11.9. The van der Waals surface area contributed by atoms with Crippen molar-refractivity contribution in [3.8, 4) is 5.88 Å². The average molecular weight is 286 g/mol. The van der Waals surface area contributed by atoms with E-state index in [1.165, 1.54) is 0 Å². The number of pyridine rings is 1. The van der Waals surface area contributed by atoms with Crippen molar-refractivity contribution in [3.05, 3.63) is 16.2 Å². The SMILES string of the molecule is NCc1c(Br)cnc(OC(F)(F)F)c1N. The first-order valence-corrected chi connectivity index (χ1v) is 4.53. The third-order valence-corrected chi connectivity index (χ3v) is 2.24. The Bertz CT molecular complexity index is 369. The van der Waals surface area contributed by atoms with E-state index in [0.29, 0.717) is 10.0 Å². The summed E-state index contributed by atoms with van der Waals surface area (Å²) in [5.41, 5.74) is 10.8. The zero-order valence-corrected chi connectivity index (χ0v) is 8.89. The zero-order chi connectivity index (χ0) is 11.6. The summed E-state index contributed by atoms with van der Waals surface area (Å²) in [4.78, 5) is 3.40. The molecule has 0 spiro atoms. The van der Waals surface area contributed by atoms with Crippen molar-refractivity contribution < 1.29 is 17.9 Å². The fourth-order valence-corrected chi connectivity index (χ4v) is 1.40. The molecule has 1 aromatic heterocycles. The van der Waals surface area contributed by atoms with Gasteiger partial charge in [0, 0.05) is 22.8 Å². The molecule has 4 nitrogen and oxygen atoms in total. The van der Waals surface area contributed by atoms with Crippen LogP contribution in [0.3, 0.4) is 0 Å². The molecule has 0 bridgehead atoms. The summed E-state index contributed by atoms with van der Waals surface area (Å²) in [6.07, 6.45) is -3.67. The maximum atomic E-state index is 11.9. The Morgan fingerprint density at radius 3 is 2.53 bits per heavy atom. The van der Waals surface area contributed by atoms with Crippen LogP contribution in [-0.2, 0) is 6.54 Å². The van der Waals surface area contributed by atoms with Gasteiger partial charge in [0.2, 0.25) is 5.88 Å². The van der Waals surface area contributed by atoms with Gasteiger partial charge in [-0.2, -0.15) is 0 Å². The van der Waals surface area contributed by atoms with Crippen molar-refractivity contribution in [2.45, 2.75) is 12.9 Å². The van der Waals surface area contributed by atoms with Crippen LogP contribution in [0.2, 0.25) is 0 Å². The molecule has 4 N–H and O–H groups in total. The van der Waals surface area contributed by atoms with Gasteiger partial charge in [-0.05, 0) is 15.9 Å². The molecular weight excluding hydrogens is 279 g/mol. The van der Waals surface area contributed by atoms with Crippen molar-refractivity contribution in [1.82, 2.24) is 4.98 Å². The fourth-order valence-electron chi connectivity index (χ4n) is 0.919. The Morgan fingerprint density at radius 1 is 1.47 bits per heavy atom. The molecular formula is C7H7BrF3N3O. The summed E-state index contributed by atoms with van der Waals surface area (Å²) < 4.78 is 39.7. The molecule has 0 amide bonds. The molecule has 1 rings (SSSR count). The van der Waals surface area contributed by atoms with E-state index in [4.69, 9.17) is 11.5 Å². The van der Waals surface area contributed by atoms with Crippen LogP contribution in [0.25, 0.3) is 0 Å². The molecule has 1 aromatic rings. The summed E-state index contributed by atoms with van der Waals surface area (Å²) >= 11 is 3.06. The van der Waals surface area contributed by atoms with Crippen LogP contribution in [0.5, 0.6) is 5.88 Å². The number of nitrogens with two attached hydrogens (primary N) is 2. The van der Waals surface area contributed by atoms with Gasteiger partial charge in [-0.25, -0.2) is 4.98 Å². The Morgan fingerprint density at radius 2 is 2.07 bits per heavy atom. The Balaban J connectivity index is 3.11. The minimum absolute atomic E-state index is 0.0108. The number of aromatic nitrogens is 1. The Labute approximate surface area is 91.5 Å². The summed E-state index contributed by atoms with van der Waals surface area (Å²) in [6.45, 7) is -0.0108. The van der Waals surface area contributed by atoms with Gasteiger partial charge < -0.3 is 16.2 Å². The first kappa shape index (κ1) is 12.1. The van der Waals surface area contributed by atoms with E-state index in [1.54, 1.807) is 0 Å². The predicted molar refractivity (Wildman–Crippen MR) is 50.9 cm³/mol. The number of nitrogen functional groups attached to an aromatic ring is 1. The molecule has 0 aliphatic heterocycles. The molecule has 1 heterocycles. The van der Waals surface area contributed by atoms with Gasteiger partial charge in [-0.1, -0.05) is 0 Å². The summed E-state index contributed by atoms with van der Waals surface area (Å²) in [6, 6.07) is 0. The van der Waals surface area contributed by atoms with Crippen LogP contribution < -0.4 is 16.2 Å². The highest BCUT2D eigenvalue weighted by Gasteiger charge is 2.33. The largest absolute Gasteiger partial charge is 0.574 e. The van der Waals surface area contributed by atoms with Crippen LogP contribution in [0.15, 0.2) is 10.7 Å². The number of ether oxygens (including phenoxy) is 1. The fraction of sp³-hybridized carbons (Fsp3) is 0.286. The molecule has 84 valence electrons. The second kappa shape index (κ2) is 4.23. The molecule has 0 fully saturated rings. The summed E-state index contributed by atoms with van der Waals surface area (Å²) in [7, 11) is 0. The lowest BCUT2D eigenvalue weighted by atomic mass is 10.2. The lowest BCUT2D eigenvalue weighted by Gasteiger charge is -2.12.